The lowest BCUT2D eigenvalue weighted by Gasteiger charge is -1.99. The average molecular weight is 304 g/mol. The number of esters is 1. The standard InChI is InChI=1S/C20H16O3/c1-15-8-10-16(11-9-15)12-13-18(19(21)20(22)23-2)14-17-6-4-3-5-7-17/h3-11,14H,1-2H3. The Balaban J connectivity index is 2.38. The van der Waals surface area contributed by atoms with Crippen molar-refractivity contribution in [3.63, 3.8) is 0 Å². The van der Waals surface area contributed by atoms with Crippen LogP contribution in [0.15, 0.2) is 60.2 Å². The number of carbonyl (C=O) groups is 2. The van der Waals surface area contributed by atoms with Crippen molar-refractivity contribution in [1.82, 2.24) is 0 Å². The lowest BCUT2D eigenvalue weighted by Crippen LogP contribution is -2.17. The Bertz CT molecular complexity index is 788. The second-order valence-corrected chi connectivity index (χ2v) is 4.91. The van der Waals surface area contributed by atoms with E-state index in [2.05, 4.69) is 16.6 Å². The van der Waals surface area contributed by atoms with Gasteiger partial charge < -0.3 is 4.74 Å². The molecule has 0 aliphatic rings. The first-order chi connectivity index (χ1) is 11.1. The largest absolute Gasteiger partial charge is 0.463 e. The summed E-state index contributed by atoms with van der Waals surface area (Å²) < 4.78 is 4.50. The quantitative estimate of drug-likeness (QED) is 0.378. The summed E-state index contributed by atoms with van der Waals surface area (Å²) in [5, 5.41) is 0. The number of hydrogen-bond acceptors (Lipinski definition) is 3. The first-order valence-corrected chi connectivity index (χ1v) is 7.08. The summed E-state index contributed by atoms with van der Waals surface area (Å²) in [5.74, 6) is 4.01. The first kappa shape index (κ1) is 16.3. The van der Waals surface area contributed by atoms with Crippen molar-refractivity contribution in [2.24, 2.45) is 0 Å². The summed E-state index contributed by atoms with van der Waals surface area (Å²) >= 11 is 0. The SMILES string of the molecule is COC(=O)C(=O)C(C#Cc1ccc(C)cc1)=Cc1ccccc1. The molecule has 23 heavy (non-hydrogen) atoms. The number of hydrogen-bond donors (Lipinski definition) is 0. The second kappa shape index (κ2) is 7.77. The third-order valence-corrected chi connectivity index (χ3v) is 3.12. The Morgan fingerprint density at radius 3 is 2.26 bits per heavy atom. The molecule has 0 aliphatic carbocycles. The summed E-state index contributed by atoms with van der Waals surface area (Å²) in [6, 6.07) is 16.8. The highest BCUT2D eigenvalue weighted by Gasteiger charge is 2.18. The Hall–Kier alpha value is -3.12. The van der Waals surface area contributed by atoms with Crippen LogP contribution in [0.1, 0.15) is 16.7 Å². The number of aryl methyl sites for hydroxylation is 1. The minimum Gasteiger partial charge on any atom is -0.463 e. The van der Waals surface area contributed by atoms with E-state index in [1.807, 2.05) is 61.5 Å². The molecule has 0 bridgehead atoms. The molecule has 0 fully saturated rings. The molecule has 0 unspecified atom stereocenters. The fourth-order valence-electron chi connectivity index (χ4n) is 1.85. The molecule has 3 heteroatoms. The van der Waals surface area contributed by atoms with Crippen molar-refractivity contribution in [1.29, 1.82) is 0 Å². The van der Waals surface area contributed by atoms with Crippen molar-refractivity contribution in [3.8, 4) is 11.8 Å². The minimum absolute atomic E-state index is 0.101. The van der Waals surface area contributed by atoms with E-state index in [1.165, 1.54) is 7.11 Å². The van der Waals surface area contributed by atoms with Crippen LogP contribution in [0.4, 0.5) is 0 Å². The third kappa shape index (κ3) is 4.69. The van der Waals surface area contributed by atoms with Gasteiger partial charge in [0.05, 0.1) is 12.7 Å². The molecule has 0 saturated heterocycles. The van der Waals surface area contributed by atoms with Gasteiger partial charge in [0.1, 0.15) is 0 Å². The molecule has 0 saturated carbocycles. The molecule has 2 aromatic rings. The van der Waals surface area contributed by atoms with Crippen LogP contribution >= 0.6 is 0 Å². The maximum absolute atomic E-state index is 12.1. The molecular weight excluding hydrogens is 288 g/mol. The maximum Gasteiger partial charge on any atom is 0.380 e. The van der Waals surface area contributed by atoms with Crippen LogP contribution in [0.25, 0.3) is 6.08 Å². The zero-order valence-corrected chi connectivity index (χ0v) is 13.0. The number of benzene rings is 2. The van der Waals surface area contributed by atoms with Gasteiger partial charge in [-0.3, -0.25) is 4.79 Å². The Morgan fingerprint density at radius 1 is 1.00 bits per heavy atom. The molecule has 0 aliphatic heterocycles. The van der Waals surface area contributed by atoms with Crippen molar-refractivity contribution in [3.05, 3.63) is 76.9 Å². The second-order valence-electron chi connectivity index (χ2n) is 4.91. The first-order valence-electron chi connectivity index (χ1n) is 7.08. The maximum atomic E-state index is 12.1. The zero-order chi connectivity index (χ0) is 16.7. The molecule has 0 amide bonds. The van der Waals surface area contributed by atoms with Gasteiger partial charge in [-0.05, 0) is 30.7 Å². The zero-order valence-electron chi connectivity index (χ0n) is 13.0. The molecule has 0 aromatic heterocycles. The number of rotatable bonds is 3. The van der Waals surface area contributed by atoms with Crippen LogP contribution in [0, 0.1) is 18.8 Å². The van der Waals surface area contributed by atoms with E-state index in [9.17, 15) is 9.59 Å². The highest BCUT2D eigenvalue weighted by Crippen LogP contribution is 2.09. The summed E-state index contributed by atoms with van der Waals surface area (Å²) in [6.45, 7) is 1.98. The summed E-state index contributed by atoms with van der Waals surface area (Å²) in [7, 11) is 1.17. The highest BCUT2D eigenvalue weighted by molar-refractivity contribution is 6.42. The monoisotopic (exact) mass is 304 g/mol. The lowest BCUT2D eigenvalue weighted by molar-refractivity contribution is -0.149. The van der Waals surface area contributed by atoms with Crippen LogP contribution in [0.3, 0.4) is 0 Å². The van der Waals surface area contributed by atoms with Crippen LogP contribution in [0.2, 0.25) is 0 Å². The molecule has 0 N–H and O–H groups in total. The molecule has 2 rings (SSSR count). The van der Waals surface area contributed by atoms with Crippen molar-refractivity contribution >= 4 is 17.8 Å². The molecule has 0 radical (unpaired) electrons. The number of Topliss-reactive ketones (excluding diaryl/α,β-unsaturated/α-hetero) is 1. The van der Waals surface area contributed by atoms with E-state index < -0.39 is 11.8 Å². The van der Waals surface area contributed by atoms with Crippen LogP contribution in [0.5, 0.6) is 0 Å². The van der Waals surface area contributed by atoms with Gasteiger partial charge in [0.25, 0.3) is 5.78 Å². The number of carbonyl (C=O) groups excluding carboxylic acids is 2. The lowest BCUT2D eigenvalue weighted by atomic mass is 10.1. The van der Waals surface area contributed by atoms with E-state index in [0.717, 1.165) is 16.7 Å². The van der Waals surface area contributed by atoms with Gasteiger partial charge in [0.2, 0.25) is 0 Å². The molecule has 0 spiro atoms. The van der Waals surface area contributed by atoms with Crippen molar-refractivity contribution in [2.75, 3.05) is 7.11 Å². The van der Waals surface area contributed by atoms with Crippen LogP contribution < -0.4 is 0 Å². The topological polar surface area (TPSA) is 43.4 Å². The van der Waals surface area contributed by atoms with Gasteiger partial charge in [-0.1, -0.05) is 59.9 Å². The fraction of sp³-hybridized carbons (Fsp3) is 0.100. The summed E-state index contributed by atoms with van der Waals surface area (Å²) in [5.41, 5.74) is 2.79. The fourth-order valence-corrected chi connectivity index (χ4v) is 1.85. The van der Waals surface area contributed by atoms with E-state index in [4.69, 9.17) is 0 Å². The predicted molar refractivity (Wildman–Crippen MR) is 89.5 cm³/mol. The Labute approximate surface area is 135 Å². The van der Waals surface area contributed by atoms with Gasteiger partial charge in [0, 0.05) is 5.56 Å². The smallest absolute Gasteiger partial charge is 0.380 e. The van der Waals surface area contributed by atoms with E-state index >= 15 is 0 Å². The van der Waals surface area contributed by atoms with Gasteiger partial charge in [-0.25, -0.2) is 4.79 Å². The van der Waals surface area contributed by atoms with Crippen molar-refractivity contribution < 1.29 is 14.3 Å². The molecule has 2 aromatic carbocycles. The van der Waals surface area contributed by atoms with Gasteiger partial charge >= 0.3 is 5.97 Å². The van der Waals surface area contributed by atoms with Crippen LogP contribution in [-0.2, 0) is 14.3 Å². The molecule has 3 nitrogen and oxygen atoms in total. The Kier molecular flexibility index (Phi) is 5.49. The molecule has 0 atom stereocenters. The van der Waals surface area contributed by atoms with E-state index in [-0.39, 0.29) is 5.57 Å². The third-order valence-electron chi connectivity index (χ3n) is 3.12. The normalized spacial score (nSPS) is 10.4. The Morgan fingerprint density at radius 2 is 1.65 bits per heavy atom. The number of methoxy groups -OCH3 is 1. The molecule has 0 heterocycles. The van der Waals surface area contributed by atoms with Gasteiger partial charge in [0.15, 0.2) is 0 Å². The summed E-state index contributed by atoms with van der Waals surface area (Å²) in [4.78, 5) is 23.6. The van der Waals surface area contributed by atoms with Gasteiger partial charge in [-0.2, -0.15) is 0 Å². The molecular formula is C20H16O3. The predicted octanol–water partition coefficient (Wildman–Crippen LogP) is 3.17. The number of ether oxygens (including phenoxy) is 1. The van der Waals surface area contributed by atoms with Gasteiger partial charge in [-0.15, -0.1) is 0 Å². The molecule has 114 valence electrons. The summed E-state index contributed by atoms with van der Waals surface area (Å²) in [6.07, 6.45) is 1.58. The van der Waals surface area contributed by atoms with E-state index in [0.29, 0.717) is 0 Å². The number of ketones is 1. The highest BCUT2D eigenvalue weighted by atomic mass is 16.5. The minimum atomic E-state index is -0.926. The van der Waals surface area contributed by atoms with E-state index in [1.54, 1.807) is 6.08 Å². The average Bonchev–Trinajstić information content (AvgIpc) is 2.59. The van der Waals surface area contributed by atoms with Crippen LogP contribution in [-0.4, -0.2) is 18.9 Å². The van der Waals surface area contributed by atoms with Crippen molar-refractivity contribution in [2.45, 2.75) is 6.92 Å².